The molecule has 0 unspecified atom stereocenters. The van der Waals surface area contributed by atoms with Gasteiger partial charge in [0.15, 0.2) is 11.5 Å². The third-order valence-corrected chi connectivity index (χ3v) is 4.00. The van der Waals surface area contributed by atoms with Crippen LogP contribution >= 0.6 is 11.8 Å². The minimum absolute atomic E-state index is 0.199. The lowest BCUT2D eigenvalue weighted by Gasteiger charge is -2.17. The molecule has 112 valence electrons. The lowest BCUT2D eigenvalue weighted by molar-refractivity contribution is 0.0947. The van der Waals surface area contributed by atoms with Gasteiger partial charge in [-0.3, -0.25) is 4.79 Å². The zero-order valence-electron chi connectivity index (χ0n) is 12.6. The van der Waals surface area contributed by atoms with Crippen LogP contribution in [0.15, 0.2) is 40.9 Å². The van der Waals surface area contributed by atoms with E-state index >= 15 is 0 Å². The average molecular weight is 304 g/mol. The van der Waals surface area contributed by atoms with Crippen LogP contribution in [0.2, 0.25) is 0 Å². The van der Waals surface area contributed by atoms with Crippen LogP contribution < -0.4 is 5.32 Å². The van der Waals surface area contributed by atoms with E-state index < -0.39 is 0 Å². The molecule has 0 saturated heterocycles. The van der Waals surface area contributed by atoms with Crippen molar-refractivity contribution in [2.75, 3.05) is 12.3 Å². The van der Waals surface area contributed by atoms with Gasteiger partial charge in [-0.25, -0.2) is 0 Å². The number of aromatic nitrogens is 1. The molecule has 0 radical (unpaired) electrons. The summed E-state index contributed by atoms with van der Waals surface area (Å²) in [7, 11) is 0. The van der Waals surface area contributed by atoms with Crippen molar-refractivity contribution in [1.29, 1.82) is 0 Å². The summed E-state index contributed by atoms with van der Waals surface area (Å²) in [6.07, 6.45) is 0. The molecule has 1 amide bonds. The summed E-state index contributed by atoms with van der Waals surface area (Å²) >= 11 is 1.81. The van der Waals surface area contributed by atoms with E-state index in [2.05, 4.69) is 31.2 Å². The number of amides is 1. The second-order valence-corrected chi connectivity index (χ2v) is 7.58. The van der Waals surface area contributed by atoms with Gasteiger partial charge in [-0.2, -0.15) is 11.8 Å². The van der Waals surface area contributed by atoms with Gasteiger partial charge in [-0.1, -0.05) is 56.3 Å². The summed E-state index contributed by atoms with van der Waals surface area (Å²) in [4.78, 5) is 12.0. The number of rotatable bonds is 5. The van der Waals surface area contributed by atoms with Gasteiger partial charge in [-0.05, 0) is 0 Å². The Morgan fingerprint density at radius 3 is 2.67 bits per heavy atom. The molecule has 0 atom stereocenters. The van der Waals surface area contributed by atoms with Gasteiger partial charge in [-0.15, -0.1) is 0 Å². The third kappa shape index (κ3) is 4.93. The summed E-state index contributed by atoms with van der Waals surface area (Å²) in [5.74, 6) is 1.28. The molecule has 0 saturated carbocycles. The van der Waals surface area contributed by atoms with Crippen LogP contribution in [0.25, 0.3) is 11.3 Å². The van der Waals surface area contributed by atoms with Crippen LogP contribution in [0.3, 0.4) is 0 Å². The molecule has 1 aromatic heterocycles. The fraction of sp³-hybridized carbons (Fsp3) is 0.375. The second kappa shape index (κ2) is 6.80. The molecule has 21 heavy (non-hydrogen) atoms. The van der Waals surface area contributed by atoms with E-state index in [4.69, 9.17) is 4.52 Å². The zero-order chi connectivity index (χ0) is 15.3. The van der Waals surface area contributed by atoms with Crippen LogP contribution in [-0.4, -0.2) is 28.1 Å². The summed E-state index contributed by atoms with van der Waals surface area (Å²) in [5.41, 5.74) is 1.22. The van der Waals surface area contributed by atoms with E-state index in [1.165, 1.54) is 0 Å². The first-order valence-electron chi connectivity index (χ1n) is 6.90. The number of carbonyl (C=O) groups excluding carboxylic acids is 1. The van der Waals surface area contributed by atoms with Gasteiger partial charge in [0.25, 0.3) is 5.91 Å². The van der Waals surface area contributed by atoms with E-state index in [0.29, 0.717) is 18.0 Å². The van der Waals surface area contributed by atoms with Crippen LogP contribution in [0.1, 0.15) is 31.3 Å². The molecule has 0 aliphatic carbocycles. The molecule has 2 aromatic rings. The number of hydrogen-bond acceptors (Lipinski definition) is 4. The monoisotopic (exact) mass is 304 g/mol. The molecule has 0 spiro atoms. The standard InChI is InChI=1S/C16H20N2O2S/c1-16(2,3)21-10-9-17-15(19)13-11-14(20-18-13)12-7-5-4-6-8-12/h4-8,11H,9-10H2,1-3H3,(H,17,19). The van der Waals surface area contributed by atoms with Gasteiger partial charge in [0.2, 0.25) is 0 Å². The SMILES string of the molecule is CC(C)(C)SCCNC(=O)c1cc(-c2ccccc2)on1. The van der Waals surface area contributed by atoms with E-state index in [1.54, 1.807) is 6.07 Å². The highest BCUT2D eigenvalue weighted by Crippen LogP contribution is 2.22. The van der Waals surface area contributed by atoms with Gasteiger partial charge in [0.05, 0.1) is 0 Å². The van der Waals surface area contributed by atoms with E-state index in [-0.39, 0.29) is 10.7 Å². The van der Waals surface area contributed by atoms with Crippen LogP contribution in [-0.2, 0) is 0 Å². The van der Waals surface area contributed by atoms with Crippen molar-refractivity contribution < 1.29 is 9.32 Å². The number of carbonyl (C=O) groups is 1. The van der Waals surface area contributed by atoms with E-state index in [1.807, 2.05) is 42.1 Å². The van der Waals surface area contributed by atoms with E-state index in [9.17, 15) is 4.79 Å². The molecule has 0 aliphatic heterocycles. The fourth-order valence-electron chi connectivity index (χ4n) is 1.73. The summed E-state index contributed by atoms with van der Waals surface area (Å²) in [5, 5.41) is 6.68. The van der Waals surface area contributed by atoms with Crippen LogP contribution in [0, 0.1) is 0 Å². The number of hydrogen-bond donors (Lipinski definition) is 1. The molecular weight excluding hydrogens is 284 g/mol. The van der Waals surface area contributed by atoms with E-state index in [0.717, 1.165) is 11.3 Å². The maximum atomic E-state index is 12.0. The molecule has 1 N–H and O–H groups in total. The second-order valence-electron chi connectivity index (χ2n) is 5.66. The largest absolute Gasteiger partial charge is 0.355 e. The first-order chi connectivity index (χ1) is 9.96. The zero-order valence-corrected chi connectivity index (χ0v) is 13.4. The quantitative estimate of drug-likeness (QED) is 0.857. The first kappa shape index (κ1) is 15.6. The third-order valence-electron chi connectivity index (χ3n) is 2.72. The van der Waals surface area contributed by atoms with Crippen molar-refractivity contribution in [3.63, 3.8) is 0 Å². The highest BCUT2D eigenvalue weighted by atomic mass is 32.2. The topological polar surface area (TPSA) is 55.1 Å². The molecule has 5 heteroatoms. The van der Waals surface area contributed by atoms with Gasteiger partial charge >= 0.3 is 0 Å². The smallest absolute Gasteiger partial charge is 0.273 e. The van der Waals surface area contributed by atoms with Crippen molar-refractivity contribution >= 4 is 17.7 Å². The Balaban J connectivity index is 1.88. The van der Waals surface area contributed by atoms with Gasteiger partial charge in [0.1, 0.15) is 0 Å². The Morgan fingerprint density at radius 1 is 1.29 bits per heavy atom. The van der Waals surface area contributed by atoms with Crippen molar-refractivity contribution in [3.05, 3.63) is 42.1 Å². The molecule has 4 nitrogen and oxygen atoms in total. The maximum absolute atomic E-state index is 12.0. The maximum Gasteiger partial charge on any atom is 0.273 e. The van der Waals surface area contributed by atoms with Crippen LogP contribution in [0.4, 0.5) is 0 Å². The molecule has 0 bridgehead atoms. The molecule has 1 heterocycles. The molecule has 0 fully saturated rings. The summed E-state index contributed by atoms with van der Waals surface area (Å²) in [6, 6.07) is 11.3. The lowest BCUT2D eigenvalue weighted by Crippen LogP contribution is -2.27. The predicted octanol–water partition coefficient (Wildman–Crippen LogP) is 3.60. The number of nitrogens with zero attached hydrogens (tertiary/aromatic N) is 1. The van der Waals surface area contributed by atoms with Crippen molar-refractivity contribution in [1.82, 2.24) is 10.5 Å². The van der Waals surface area contributed by atoms with Crippen molar-refractivity contribution in [2.24, 2.45) is 0 Å². The Labute approximate surface area is 129 Å². The number of nitrogens with one attached hydrogen (secondary N) is 1. The molecule has 1 aromatic carbocycles. The minimum atomic E-state index is -0.199. The Bertz CT molecular complexity index is 588. The fourth-order valence-corrected chi connectivity index (χ4v) is 2.55. The highest BCUT2D eigenvalue weighted by Gasteiger charge is 2.14. The summed E-state index contributed by atoms with van der Waals surface area (Å²) in [6.45, 7) is 7.09. The Morgan fingerprint density at radius 2 is 2.00 bits per heavy atom. The minimum Gasteiger partial charge on any atom is -0.355 e. The van der Waals surface area contributed by atoms with Gasteiger partial charge < -0.3 is 9.84 Å². The molecule has 0 aliphatic rings. The van der Waals surface area contributed by atoms with Crippen molar-refractivity contribution in [2.45, 2.75) is 25.5 Å². The van der Waals surface area contributed by atoms with Crippen LogP contribution in [0.5, 0.6) is 0 Å². The van der Waals surface area contributed by atoms with Gasteiger partial charge in [0, 0.05) is 28.7 Å². The normalized spacial score (nSPS) is 11.4. The Hall–Kier alpha value is -1.75. The molecule has 2 rings (SSSR count). The first-order valence-corrected chi connectivity index (χ1v) is 7.88. The number of thioether (sulfide) groups is 1. The lowest BCUT2D eigenvalue weighted by atomic mass is 10.1. The average Bonchev–Trinajstić information content (AvgIpc) is 2.93. The Kier molecular flexibility index (Phi) is 5.07. The van der Waals surface area contributed by atoms with Crippen molar-refractivity contribution in [3.8, 4) is 11.3 Å². The molecular formula is C16H20N2O2S. The summed E-state index contributed by atoms with van der Waals surface area (Å²) < 4.78 is 5.42. The predicted molar refractivity (Wildman–Crippen MR) is 86.5 cm³/mol. The number of benzene rings is 1. The highest BCUT2D eigenvalue weighted by molar-refractivity contribution is 8.00.